The molecule has 0 N–H and O–H groups in total. The third-order valence-corrected chi connectivity index (χ3v) is 2.94. The van der Waals surface area contributed by atoms with Gasteiger partial charge < -0.3 is 4.43 Å². The normalized spacial score (nSPS) is 19.2. The molecule has 1 aromatic carbocycles. The Kier molecular flexibility index (Phi) is 2.61. The molecule has 0 bridgehead atoms. The maximum Gasteiger partial charge on any atom is 0.145 e. The molecular weight excluding hydrogens is 176 g/mol. The van der Waals surface area contributed by atoms with E-state index in [1.165, 1.54) is 11.1 Å². The zero-order valence-electron chi connectivity index (χ0n) is 7.86. The van der Waals surface area contributed by atoms with E-state index in [2.05, 4.69) is 36.4 Å². The average molecular weight is 190 g/mol. The molecule has 0 saturated carbocycles. The molecule has 0 heterocycles. The Hall–Kier alpha value is -0.863. The number of benzene rings is 1. The highest BCUT2D eigenvalue weighted by atomic mass is 28.2. The van der Waals surface area contributed by atoms with Crippen molar-refractivity contribution in [1.82, 2.24) is 0 Å². The highest BCUT2D eigenvalue weighted by Gasteiger charge is 2.15. The van der Waals surface area contributed by atoms with Crippen molar-refractivity contribution in [3.05, 3.63) is 41.5 Å². The fourth-order valence-corrected chi connectivity index (χ4v) is 2.06. The zero-order valence-corrected chi connectivity index (χ0v) is 9.86. The Labute approximate surface area is 82.0 Å². The molecule has 2 heteroatoms. The maximum absolute atomic E-state index is 5.22. The first kappa shape index (κ1) is 8.72. The number of allylic oxidation sites excluding steroid dienone is 1. The van der Waals surface area contributed by atoms with E-state index in [1.54, 1.807) is 0 Å². The van der Waals surface area contributed by atoms with Gasteiger partial charge in [-0.1, -0.05) is 36.4 Å². The van der Waals surface area contributed by atoms with Gasteiger partial charge in [-0.25, -0.2) is 0 Å². The van der Waals surface area contributed by atoms with Crippen LogP contribution in [0, 0.1) is 0 Å². The van der Waals surface area contributed by atoms with Gasteiger partial charge in [-0.3, -0.25) is 0 Å². The minimum absolute atomic E-state index is 0.588. The van der Waals surface area contributed by atoms with Crippen LogP contribution in [0.5, 0.6) is 0 Å². The second kappa shape index (κ2) is 3.90. The molecule has 68 valence electrons. The SMILES string of the molecule is [SiH3]OCCC1C=Cc2ccccc21. The van der Waals surface area contributed by atoms with Gasteiger partial charge in [0.05, 0.1) is 0 Å². The fraction of sp³-hybridized carbons (Fsp3) is 0.273. The number of fused-ring (bicyclic) bond motifs is 1. The van der Waals surface area contributed by atoms with E-state index in [0.29, 0.717) is 5.92 Å². The van der Waals surface area contributed by atoms with Crippen molar-refractivity contribution in [3.8, 4) is 0 Å². The van der Waals surface area contributed by atoms with E-state index in [0.717, 1.165) is 23.5 Å². The first-order chi connectivity index (χ1) is 6.42. The molecule has 1 aromatic rings. The molecule has 0 saturated heterocycles. The summed E-state index contributed by atoms with van der Waals surface area (Å²) in [5.74, 6) is 0.588. The Bertz CT molecular complexity index is 320. The van der Waals surface area contributed by atoms with Crippen LogP contribution >= 0.6 is 0 Å². The molecule has 2 rings (SSSR count). The van der Waals surface area contributed by atoms with Gasteiger partial charge in [0.15, 0.2) is 0 Å². The molecule has 0 amide bonds. The number of hydrogen-bond donors (Lipinski definition) is 0. The average Bonchev–Trinajstić information content (AvgIpc) is 2.58. The highest BCUT2D eigenvalue weighted by Crippen LogP contribution is 2.31. The van der Waals surface area contributed by atoms with Crippen molar-refractivity contribution < 1.29 is 4.43 Å². The molecule has 1 aliphatic rings. The largest absolute Gasteiger partial charge is 0.428 e. The van der Waals surface area contributed by atoms with Crippen LogP contribution in [0.3, 0.4) is 0 Å². The van der Waals surface area contributed by atoms with Crippen molar-refractivity contribution >= 4 is 16.6 Å². The molecule has 0 aliphatic heterocycles. The van der Waals surface area contributed by atoms with Crippen molar-refractivity contribution in [3.63, 3.8) is 0 Å². The summed E-state index contributed by atoms with van der Waals surface area (Å²) in [7, 11) is 0.852. The molecule has 0 spiro atoms. The number of hydrogen-bond acceptors (Lipinski definition) is 1. The minimum atomic E-state index is 0.588. The summed E-state index contributed by atoms with van der Waals surface area (Å²) in [6.07, 6.45) is 5.62. The first-order valence-corrected chi connectivity index (χ1v) is 5.49. The van der Waals surface area contributed by atoms with E-state index in [4.69, 9.17) is 4.43 Å². The predicted molar refractivity (Wildman–Crippen MR) is 58.7 cm³/mol. The lowest BCUT2D eigenvalue weighted by Crippen LogP contribution is -1.98. The second-order valence-electron chi connectivity index (χ2n) is 3.38. The van der Waals surface area contributed by atoms with Crippen LogP contribution in [0.2, 0.25) is 0 Å². The molecular formula is C11H14OSi. The summed E-state index contributed by atoms with van der Waals surface area (Å²) in [5.41, 5.74) is 2.84. The standard InChI is InChI=1S/C11H14OSi/c13-12-8-7-10-6-5-9-3-1-2-4-11(9)10/h1-6,10H,7-8H2,13H3. The summed E-state index contributed by atoms with van der Waals surface area (Å²) < 4.78 is 5.22. The lowest BCUT2D eigenvalue weighted by Gasteiger charge is -2.09. The smallest absolute Gasteiger partial charge is 0.145 e. The maximum atomic E-state index is 5.22. The van der Waals surface area contributed by atoms with Gasteiger partial charge in [-0.15, -0.1) is 0 Å². The van der Waals surface area contributed by atoms with Crippen LogP contribution in [0.25, 0.3) is 6.08 Å². The monoisotopic (exact) mass is 190 g/mol. The molecule has 0 fully saturated rings. The Balaban J connectivity index is 2.14. The Morgan fingerprint density at radius 3 is 3.00 bits per heavy atom. The third kappa shape index (κ3) is 1.74. The van der Waals surface area contributed by atoms with E-state index >= 15 is 0 Å². The van der Waals surface area contributed by atoms with Gasteiger partial charge in [0.1, 0.15) is 10.5 Å². The zero-order chi connectivity index (χ0) is 9.10. The van der Waals surface area contributed by atoms with Crippen LogP contribution in [-0.2, 0) is 4.43 Å². The van der Waals surface area contributed by atoms with Crippen molar-refractivity contribution in [2.45, 2.75) is 12.3 Å². The first-order valence-electron chi connectivity index (χ1n) is 4.68. The lowest BCUT2D eigenvalue weighted by molar-refractivity contribution is 0.334. The minimum Gasteiger partial charge on any atom is -0.428 e. The molecule has 13 heavy (non-hydrogen) atoms. The van der Waals surface area contributed by atoms with Crippen LogP contribution < -0.4 is 0 Å². The van der Waals surface area contributed by atoms with Gasteiger partial charge in [0.2, 0.25) is 0 Å². The molecule has 1 atom stereocenters. The third-order valence-electron chi connectivity index (χ3n) is 2.54. The summed E-state index contributed by atoms with van der Waals surface area (Å²) in [4.78, 5) is 0. The summed E-state index contributed by atoms with van der Waals surface area (Å²) in [6.45, 7) is 0.898. The summed E-state index contributed by atoms with van der Waals surface area (Å²) >= 11 is 0. The summed E-state index contributed by atoms with van der Waals surface area (Å²) in [5, 5.41) is 0. The second-order valence-corrected chi connectivity index (χ2v) is 3.95. The van der Waals surface area contributed by atoms with Crippen molar-refractivity contribution in [2.24, 2.45) is 0 Å². The van der Waals surface area contributed by atoms with Gasteiger partial charge in [0, 0.05) is 12.5 Å². The summed E-state index contributed by atoms with van der Waals surface area (Å²) in [6, 6.07) is 8.59. The molecule has 1 nitrogen and oxygen atoms in total. The molecule has 1 aliphatic carbocycles. The van der Waals surface area contributed by atoms with E-state index in [-0.39, 0.29) is 0 Å². The quantitative estimate of drug-likeness (QED) is 0.656. The van der Waals surface area contributed by atoms with E-state index in [1.807, 2.05) is 0 Å². The highest BCUT2D eigenvalue weighted by molar-refractivity contribution is 5.97. The van der Waals surface area contributed by atoms with Crippen molar-refractivity contribution in [1.29, 1.82) is 0 Å². The molecule has 0 aromatic heterocycles. The molecule has 0 radical (unpaired) electrons. The van der Waals surface area contributed by atoms with Gasteiger partial charge in [0.25, 0.3) is 0 Å². The predicted octanol–water partition coefficient (Wildman–Crippen LogP) is 1.48. The van der Waals surface area contributed by atoms with Crippen LogP contribution in [0.4, 0.5) is 0 Å². The Morgan fingerprint density at radius 2 is 2.15 bits per heavy atom. The van der Waals surface area contributed by atoms with Gasteiger partial charge in [-0.05, 0) is 17.5 Å². The topological polar surface area (TPSA) is 9.23 Å². The van der Waals surface area contributed by atoms with E-state index < -0.39 is 0 Å². The van der Waals surface area contributed by atoms with Gasteiger partial charge >= 0.3 is 0 Å². The van der Waals surface area contributed by atoms with E-state index in [9.17, 15) is 0 Å². The fourth-order valence-electron chi connectivity index (χ4n) is 1.82. The van der Waals surface area contributed by atoms with Crippen LogP contribution in [-0.4, -0.2) is 17.1 Å². The van der Waals surface area contributed by atoms with Gasteiger partial charge in [-0.2, -0.15) is 0 Å². The van der Waals surface area contributed by atoms with Crippen LogP contribution in [0.1, 0.15) is 23.5 Å². The molecule has 1 unspecified atom stereocenters. The Morgan fingerprint density at radius 1 is 1.31 bits per heavy atom. The van der Waals surface area contributed by atoms with Crippen LogP contribution in [0.15, 0.2) is 30.3 Å². The number of rotatable bonds is 3. The lowest BCUT2D eigenvalue weighted by atomic mass is 9.98. The van der Waals surface area contributed by atoms with Crippen molar-refractivity contribution in [2.75, 3.05) is 6.61 Å².